The van der Waals surface area contributed by atoms with Gasteiger partial charge < -0.3 is 15.2 Å². The third-order valence-corrected chi connectivity index (χ3v) is 4.21. The number of hydrogen-bond donors (Lipinski definition) is 2. The fraction of sp³-hybridized carbons (Fsp3) is 0.200. The molecular formula is C15H15Br2NO2. The Morgan fingerprint density at radius 1 is 1.15 bits per heavy atom. The molecule has 20 heavy (non-hydrogen) atoms. The molecular weight excluding hydrogens is 386 g/mol. The minimum absolute atomic E-state index is 0.119. The molecule has 0 aliphatic carbocycles. The van der Waals surface area contributed by atoms with Crippen LogP contribution in [0.5, 0.6) is 11.5 Å². The van der Waals surface area contributed by atoms with Crippen LogP contribution in [0, 0.1) is 6.92 Å². The van der Waals surface area contributed by atoms with Crippen LogP contribution in [0.1, 0.15) is 11.1 Å². The van der Waals surface area contributed by atoms with Gasteiger partial charge in [0.05, 0.1) is 11.6 Å². The van der Waals surface area contributed by atoms with Crippen LogP contribution >= 0.6 is 31.9 Å². The Morgan fingerprint density at radius 2 is 1.90 bits per heavy atom. The number of halogens is 2. The molecule has 0 atom stereocenters. The number of aryl methyl sites for hydroxylation is 1. The van der Waals surface area contributed by atoms with Crippen LogP contribution in [-0.2, 0) is 6.54 Å². The van der Waals surface area contributed by atoms with Crippen LogP contribution in [0.15, 0.2) is 39.3 Å². The van der Waals surface area contributed by atoms with Crippen molar-refractivity contribution in [3.63, 3.8) is 0 Å². The van der Waals surface area contributed by atoms with E-state index in [0.29, 0.717) is 16.8 Å². The number of hydrogen-bond acceptors (Lipinski definition) is 3. The monoisotopic (exact) mass is 399 g/mol. The van der Waals surface area contributed by atoms with Crippen molar-refractivity contribution in [1.82, 2.24) is 0 Å². The molecule has 0 unspecified atom stereocenters. The predicted octanol–water partition coefficient (Wildman–Crippen LogP) is 4.85. The Morgan fingerprint density at radius 3 is 2.60 bits per heavy atom. The van der Waals surface area contributed by atoms with Gasteiger partial charge in [-0.2, -0.15) is 0 Å². The number of methoxy groups -OCH3 is 1. The summed E-state index contributed by atoms with van der Waals surface area (Å²) in [6.07, 6.45) is 0. The highest BCUT2D eigenvalue weighted by Crippen LogP contribution is 2.35. The number of ether oxygens (including phenoxy) is 1. The zero-order valence-corrected chi connectivity index (χ0v) is 14.4. The smallest absolute Gasteiger partial charge is 0.172 e. The molecule has 2 aromatic rings. The van der Waals surface area contributed by atoms with Crippen molar-refractivity contribution >= 4 is 37.5 Å². The highest BCUT2D eigenvalue weighted by Gasteiger charge is 2.09. The maximum absolute atomic E-state index is 9.79. The first-order valence-electron chi connectivity index (χ1n) is 6.06. The molecule has 0 radical (unpaired) electrons. The average Bonchev–Trinajstić information content (AvgIpc) is 2.43. The van der Waals surface area contributed by atoms with Crippen molar-refractivity contribution in [2.45, 2.75) is 13.5 Å². The van der Waals surface area contributed by atoms with E-state index in [1.807, 2.05) is 18.2 Å². The second-order valence-corrected chi connectivity index (χ2v) is 6.17. The molecule has 0 heterocycles. The molecule has 0 amide bonds. The van der Waals surface area contributed by atoms with Crippen LogP contribution in [0.2, 0.25) is 0 Å². The van der Waals surface area contributed by atoms with Crippen LogP contribution in [-0.4, -0.2) is 12.2 Å². The maximum Gasteiger partial charge on any atom is 0.172 e. The van der Waals surface area contributed by atoms with E-state index in [9.17, 15) is 5.11 Å². The van der Waals surface area contributed by atoms with Gasteiger partial charge in [-0.05, 0) is 74.2 Å². The predicted molar refractivity (Wildman–Crippen MR) is 88.6 cm³/mol. The summed E-state index contributed by atoms with van der Waals surface area (Å²) in [4.78, 5) is 0. The second-order valence-electron chi connectivity index (χ2n) is 4.47. The van der Waals surface area contributed by atoms with Crippen LogP contribution in [0.4, 0.5) is 5.69 Å². The lowest BCUT2D eigenvalue weighted by atomic mass is 10.2. The van der Waals surface area contributed by atoms with E-state index >= 15 is 0 Å². The van der Waals surface area contributed by atoms with E-state index in [1.54, 1.807) is 0 Å². The molecule has 0 aliphatic heterocycles. The number of aromatic hydroxyl groups is 1. The topological polar surface area (TPSA) is 41.5 Å². The highest BCUT2D eigenvalue weighted by atomic mass is 79.9. The lowest BCUT2D eigenvalue weighted by molar-refractivity contribution is 0.371. The summed E-state index contributed by atoms with van der Waals surface area (Å²) in [5, 5.41) is 13.2. The van der Waals surface area contributed by atoms with Crippen molar-refractivity contribution in [3.05, 3.63) is 50.4 Å². The van der Waals surface area contributed by atoms with Gasteiger partial charge in [0.2, 0.25) is 0 Å². The highest BCUT2D eigenvalue weighted by molar-refractivity contribution is 9.11. The minimum Gasteiger partial charge on any atom is -0.503 e. The molecule has 2 rings (SSSR count). The van der Waals surface area contributed by atoms with Crippen molar-refractivity contribution in [3.8, 4) is 11.5 Å². The van der Waals surface area contributed by atoms with Gasteiger partial charge in [0.1, 0.15) is 0 Å². The Kier molecular flexibility index (Phi) is 4.94. The molecule has 0 saturated carbocycles. The first-order chi connectivity index (χ1) is 9.51. The molecule has 0 spiro atoms. The van der Waals surface area contributed by atoms with E-state index in [4.69, 9.17) is 4.74 Å². The largest absolute Gasteiger partial charge is 0.503 e. The first kappa shape index (κ1) is 15.2. The number of phenolic OH excluding ortho intramolecular Hbond substituents is 1. The fourth-order valence-corrected chi connectivity index (χ4v) is 2.73. The second kappa shape index (κ2) is 6.50. The molecule has 0 aromatic heterocycles. The Labute approximate surface area is 135 Å². The van der Waals surface area contributed by atoms with E-state index in [-0.39, 0.29) is 5.75 Å². The lowest BCUT2D eigenvalue weighted by Gasteiger charge is -2.12. The van der Waals surface area contributed by atoms with Crippen molar-refractivity contribution in [2.75, 3.05) is 12.4 Å². The number of rotatable bonds is 4. The summed E-state index contributed by atoms with van der Waals surface area (Å²) in [5.41, 5.74) is 3.24. The quantitative estimate of drug-likeness (QED) is 0.770. The Bertz CT molecular complexity index is 630. The van der Waals surface area contributed by atoms with Crippen molar-refractivity contribution < 1.29 is 9.84 Å². The fourth-order valence-electron chi connectivity index (χ4n) is 1.86. The molecule has 0 aliphatic rings. The van der Waals surface area contributed by atoms with E-state index < -0.39 is 0 Å². The minimum atomic E-state index is 0.119. The van der Waals surface area contributed by atoms with Crippen molar-refractivity contribution in [2.24, 2.45) is 0 Å². The molecule has 2 N–H and O–H groups in total. The van der Waals surface area contributed by atoms with Crippen LogP contribution in [0.3, 0.4) is 0 Å². The summed E-state index contributed by atoms with van der Waals surface area (Å²) in [6.45, 7) is 2.69. The van der Waals surface area contributed by atoms with Gasteiger partial charge in [-0.1, -0.05) is 6.07 Å². The number of phenols is 1. The van der Waals surface area contributed by atoms with Crippen LogP contribution in [0.25, 0.3) is 0 Å². The molecule has 2 aromatic carbocycles. The summed E-state index contributed by atoms with van der Waals surface area (Å²) in [6, 6.07) is 9.84. The van der Waals surface area contributed by atoms with Gasteiger partial charge in [-0.3, -0.25) is 0 Å². The summed E-state index contributed by atoms with van der Waals surface area (Å²) >= 11 is 6.84. The zero-order chi connectivity index (χ0) is 14.7. The summed E-state index contributed by atoms with van der Waals surface area (Å²) in [5.74, 6) is 0.576. The SMILES string of the molecule is COc1cc(CNc2cc(C)ccc2Br)cc(Br)c1O. The Balaban J connectivity index is 2.19. The van der Waals surface area contributed by atoms with E-state index in [1.165, 1.54) is 12.7 Å². The third kappa shape index (κ3) is 3.46. The summed E-state index contributed by atoms with van der Waals surface area (Å²) in [7, 11) is 1.54. The van der Waals surface area contributed by atoms with Gasteiger partial charge in [-0.15, -0.1) is 0 Å². The molecule has 0 saturated heterocycles. The normalized spacial score (nSPS) is 10.4. The zero-order valence-electron chi connectivity index (χ0n) is 11.2. The first-order valence-corrected chi connectivity index (χ1v) is 7.65. The van der Waals surface area contributed by atoms with Crippen LogP contribution < -0.4 is 10.1 Å². The third-order valence-electron chi connectivity index (χ3n) is 2.91. The Hall–Kier alpha value is -1.20. The van der Waals surface area contributed by atoms with E-state index in [0.717, 1.165) is 15.7 Å². The van der Waals surface area contributed by atoms with E-state index in [2.05, 4.69) is 56.2 Å². The molecule has 106 valence electrons. The lowest BCUT2D eigenvalue weighted by Crippen LogP contribution is -2.01. The van der Waals surface area contributed by atoms with Gasteiger partial charge >= 0.3 is 0 Å². The maximum atomic E-state index is 9.79. The summed E-state index contributed by atoms with van der Waals surface area (Å²) < 4.78 is 6.79. The van der Waals surface area contributed by atoms with Crippen molar-refractivity contribution in [1.29, 1.82) is 0 Å². The molecule has 0 bridgehead atoms. The van der Waals surface area contributed by atoms with Gasteiger partial charge in [0, 0.05) is 16.7 Å². The number of nitrogens with one attached hydrogen (secondary N) is 1. The molecule has 0 fully saturated rings. The number of benzene rings is 2. The van der Waals surface area contributed by atoms with Gasteiger partial charge in [0.25, 0.3) is 0 Å². The molecule has 3 nitrogen and oxygen atoms in total. The van der Waals surface area contributed by atoms with Gasteiger partial charge in [0.15, 0.2) is 11.5 Å². The standard InChI is InChI=1S/C15H15Br2NO2/c1-9-3-4-11(16)13(5-9)18-8-10-6-12(17)15(19)14(7-10)20-2/h3-7,18-19H,8H2,1-2H3. The molecule has 5 heteroatoms. The average molecular weight is 401 g/mol. The number of anilines is 1. The van der Waals surface area contributed by atoms with Gasteiger partial charge in [-0.25, -0.2) is 0 Å².